The molecule has 1 aromatic rings. The molecule has 0 bridgehead atoms. The maximum atomic E-state index is 11.4. The van der Waals surface area contributed by atoms with Crippen LogP contribution in [0, 0.1) is 6.92 Å². The Hall–Kier alpha value is -1.78. The van der Waals surface area contributed by atoms with Crippen LogP contribution in [0.5, 0.6) is 0 Å². The minimum absolute atomic E-state index is 0.329. The molecular formula is C8H7N3O2. The number of rotatable bonds is 0. The number of hydrogen-bond acceptors (Lipinski definition) is 4. The monoisotopic (exact) mass is 177 g/mol. The summed E-state index contributed by atoms with van der Waals surface area (Å²) >= 11 is 0. The summed E-state index contributed by atoms with van der Waals surface area (Å²) in [6.45, 7) is 1.69. The Labute approximate surface area is 74.4 Å². The maximum absolute atomic E-state index is 11.4. The van der Waals surface area contributed by atoms with Crippen LogP contribution in [0.15, 0.2) is 6.33 Å². The molecule has 5 heteroatoms. The lowest BCUT2D eigenvalue weighted by molar-refractivity contribution is -0.114. The van der Waals surface area contributed by atoms with Crippen molar-refractivity contribution in [2.45, 2.75) is 6.92 Å². The summed E-state index contributed by atoms with van der Waals surface area (Å²) in [6.07, 6.45) is 1.34. The maximum Gasteiger partial charge on any atom is 0.300 e. The van der Waals surface area contributed by atoms with Gasteiger partial charge < -0.3 is 0 Å². The molecule has 1 aliphatic rings. The van der Waals surface area contributed by atoms with E-state index < -0.39 is 11.7 Å². The standard InChI is InChI=1S/C8H7N3O2/c1-4-5-6(12)8(13)11(2)7(5)10-3-9-4/h3H,1-2H3. The van der Waals surface area contributed by atoms with Gasteiger partial charge in [-0.2, -0.15) is 0 Å². The van der Waals surface area contributed by atoms with Crippen molar-refractivity contribution in [1.29, 1.82) is 0 Å². The van der Waals surface area contributed by atoms with Gasteiger partial charge >= 0.3 is 5.91 Å². The summed E-state index contributed by atoms with van der Waals surface area (Å²) in [6, 6.07) is 0. The number of amides is 1. The molecule has 0 N–H and O–H groups in total. The lowest BCUT2D eigenvalue weighted by Gasteiger charge is -2.06. The minimum Gasteiger partial charge on any atom is -0.292 e. The first-order valence-electron chi connectivity index (χ1n) is 3.77. The molecule has 0 aromatic carbocycles. The zero-order valence-corrected chi connectivity index (χ0v) is 7.24. The highest BCUT2D eigenvalue weighted by molar-refractivity contribution is 6.52. The zero-order valence-electron chi connectivity index (χ0n) is 7.24. The molecule has 0 radical (unpaired) electrons. The summed E-state index contributed by atoms with van der Waals surface area (Å²) in [7, 11) is 1.53. The number of anilines is 1. The smallest absolute Gasteiger partial charge is 0.292 e. The van der Waals surface area contributed by atoms with Crippen LogP contribution < -0.4 is 4.90 Å². The number of aryl methyl sites for hydroxylation is 1. The van der Waals surface area contributed by atoms with E-state index in [1.54, 1.807) is 6.92 Å². The number of likely N-dealkylation sites (N-methyl/N-ethyl adjacent to an activating group) is 1. The van der Waals surface area contributed by atoms with Crippen molar-refractivity contribution in [2.75, 3.05) is 11.9 Å². The van der Waals surface area contributed by atoms with Crippen LogP contribution in [0.4, 0.5) is 5.82 Å². The molecule has 0 saturated carbocycles. The minimum atomic E-state index is -0.543. The van der Waals surface area contributed by atoms with E-state index in [2.05, 4.69) is 9.97 Å². The zero-order chi connectivity index (χ0) is 9.59. The quantitative estimate of drug-likeness (QED) is 0.521. The van der Waals surface area contributed by atoms with Crippen LogP contribution in [-0.2, 0) is 4.79 Å². The second-order valence-electron chi connectivity index (χ2n) is 2.85. The Kier molecular flexibility index (Phi) is 1.42. The fourth-order valence-electron chi connectivity index (χ4n) is 1.34. The van der Waals surface area contributed by atoms with E-state index in [0.717, 1.165) is 0 Å². The lowest BCUT2D eigenvalue weighted by Crippen LogP contribution is -2.25. The van der Waals surface area contributed by atoms with Gasteiger partial charge in [-0.25, -0.2) is 9.97 Å². The van der Waals surface area contributed by atoms with Crippen LogP contribution in [0.2, 0.25) is 0 Å². The van der Waals surface area contributed by atoms with E-state index in [-0.39, 0.29) is 0 Å². The third-order valence-corrected chi connectivity index (χ3v) is 2.06. The summed E-state index contributed by atoms with van der Waals surface area (Å²) in [5.41, 5.74) is 0.878. The van der Waals surface area contributed by atoms with Crippen molar-refractivity contribution in [2.24, 2.45) is 0 Å². The highest BCUT2D eigenvalue weighted by Gasteiger charge is 2.36. The van der Waals surface area contributed by atoms with Crippen molar-refractivity contribution in [3.63, 3.8) is 0 Å². The fourth-order valence-corrected chi connectivity index (χ4v) is 1.34. The van der Waals surface area contributed by atoms with Gasteiger partial charge in [0.15, 0.2) is 0 Å². The van der Waals surface area contributed by atoms with Crippen molar-refractivity contribution >= 4 is 17.5 Å². The molecule has 2 rings (SSSR count). The molecule has 0 fully saturated rings. The third-order valence-electron chi connectivity index (χ3n) is 2.06. The fraction of sp³-hybridized carbons (Fsp3) is 0.250. The molecule has 2 heterocycles. The Morgan fingerprint density at radius 3 is 2.62 bits per heavy atom. The summed E-state index contributed by atoms with van der Waals surface area (Å²) in [5.74, 6) is -0.656. The first-order valence-corrected chi connectivity index (χ1v) is 3.77. The number of ketones is 1. The Bertz CT molecular complexity index is 414. The van der Waals surface area contributed by atoms with E-state index in [1.807, 2.05) is 0 Å². The van der Waals surface area contributed by atoms with Crippen LogP contribution in [0.1, 0.15) is 16.1 Å². The number of nitrogens with zero attached hydrogens (tertiary/aromatic N) is 3. The van der Waals surface area contributed by atoms with Crippen molar-refractivity contribution in [3.05, 3.63) is 17.6 Å². The van der Waals surface area contributed by atoms with Gasteiger partial charge in [-0.1, -0.05) is 0 Å². The van der Waals surface area contributed by atoms with E-state index in [4.69, 9.17) is 0 Å². The van der Waals surface area contributed by atoms with Crippen molar-refractivity contribution < 1.29 is 9.59 Å². The van der Waals surface area contributed by atoms with E-state index >= 15 is 0 Å². The summed E-state index contributed by atoms with van der Waals surface area (Å²) in [5, 5.41) is 0. The first-order chi connectivity index (χ1) is 6.13. The van der Waals surface area contributed by atoms with Gasteiger partial charge in [0.25, 0.3) is 5.78 Å². The molecule has 5 nitrogen and oxygen atoms in total. The van der Waals surface area contributed by atoms with Gasteiger partial charge in [0.1, 0.15) is 12.1 Å². The SMILES string of the molecule is Cc1ncnc2c1C(=O)C(=O)N2C. The van der Waals surface area contributed by atoms with E-state index in [0.29, 0.717) is 17.1 Å². The van der Waals surface area contributed by atoms with Gasteiger partial charge in [-0.05, 0) is 6.92 Å². The lowest BCUT2D eigenvalue weighted by atomic mass is 10.2. The van der Waals surface area contributed by atoms with Crippen LogP contribution >= 0.6 is 0 Å². The Morgan fingerprint density at radius 1 is 1.31 bits per heavy atom. The van der Waals surface area contributed by atoms with Crippen LogP contribution in [-0.4, -0.2) is 28.7 Å². The molecule has 0 spiro atoms. The second kappa shape index (κ2) is 2.35. The molecule has 0 saturated heterocycles. The number of aromatic nitrogens is 2. The molecule has 0 aliphatic carbocycles. The van der Waals surface area contributed by atoms with E-state index in [9.17, 15) is 9.59 Å². The molecular weight excluding hydrogens is 170 g/mol. The third kappa shape index (κ3) is 0.867. The van der Waals surface area contributed by atoms with Crippen LogP contribution in [0.3, 0.4) is 0 Å². The highest BCUT2D eigenvalue weighted by Crippen LogP contribution is 2.25. The number of fused-ring (bicyclic) bond motifs is 1. The van der Waals surface area contributed by atoms with Gasteiger partial charge in [-0.15, -0.1) is 0 Å². The predicted octanol–water partition coefficient (Wildman–Crippen LogP) is -0.0559. The molecule has 1 amide bonds. The molecule has 13 heavy (non-hydrogen) atoms. The largest absolute Gasteiger partial charge is 0.300 e. The van der Waals surface area contributed by atoms with Crippen LogP contribution in [0.25, 0.3) is 0 Å². The number of Topliss-reactive ketones (excluding diaryl/α,β-unsaturated/α-hetero) is 1. The summed E-state index contributed by atoms with van der Waals surface area (Å²) in [4.78, 5) is 31.6. The Balaban J connectivity index is 2.73. The second-order valence-corrected chi connectivity index (χ2v) is 2.85. The van der Waals surface area contributed by atoms with Crippen molar-refractivity contribution in [1.82, 2.24) is 9.97 Å². The molecule has 66 valence electrons. The number of carbonyl (C=O) groups excluding carboxylic acids is 2. The average molecular weight is 177 g/mol. The number of carbonyl (C=O) groups is 2. The van der Waals surface area contributed by atoms with Crippen molar-refractivity contribution in [3.8, 4) is 0 Å². The molecule has 1 aliphatic heterocycles. The summed E-state index contributed by atoms with van der Waals surface area (Å²) < 4.78 is 0. The van der Waals surface area contributed by atoms with Gasteiger partial charge in [0.2, 0.25) is 0 Å². The predicted molar refractivity (Wildman–Crippen MR) is 44.5 cm³/mol. The normalized spacial score (nSPS) is 15.1. The van der Waals surface area contributed by atoms with E-state index in [1.165, 1.54) is 18.3 Å². The highest BCUT2D eigenvalue weighted by atomic mass is 16.2. The molecule has 1 aromatic heterocycles. The van der Waals surface area contributed by atoms with Gasteiger partial charge in [-0.3, -0.25) is 14.5 Å². The molecule has 0 atom stereocenters. The number of hydrogen-bond donors (Lipinski definition) is 0. The van der Waals surface area contributed by atoms with Gasteiger partial charge in [0.05, 0.1) is 11.3 Å². The molecule has 0 unspecified atom stereocenters. The Morgan fingerprint density at radius 2 is 2.00 bits per heavy atom. The topological polar surface area (TPSA) is 63.2 Å². The first kappa shape index (κ1) is 7.85. The van der Waals surface area contributed by atoms with Gasteiger partial charge in [0, 0.05) is 7.05 Å². The average Bonchev–Trinajstić information content (AvgIpc) is 2.33.